The smallest absolute Gasteiger partial charge is 0.272 e. The first-order chi connectivity index (χ1) is 10.3. The van der Waals surface area contributed by atoms with Gasteiger partial charge in [0.05, 0.1) is 13.2 Å². The summed E-state index contributed by atoms with van der Waals surface area (Å²) in [6.45, 7) is 3.88. The number of carbonyl (C=O) groups is 2. The van der Waals surface area contributed by atoms with Gasteiger partial charge in [0.2, 0.25) is 0 Å². The molecule has 3 heterocycles. The Kier molecular flexibility index (Phi) is 4.15. The minimum absolute atomic E-state index is 0.0591. The fourth-order valence-electron chi connectivity index (χ4n) is 2.71. The molecule has 6 nitrogen and oxygen atoms in total. The number of hydrogen-bond acceptors (Lipinski definition) is 4. The van der Waals surface area contributed by atoms with Crippen LogP contribution in [-0.4, -0.2) is 66.0 Å². The third kappa shape index (κ3) is 3.05. The molecule has 0 N–H and O–H groups in total. The van der Waals surface area contributed by atoms with E-state index in [0.717, 1.165) is 25.9 Å². The van der Waals surface area contributed by atoms with Crippen LogP contribution in [0.1, 0.15) is 33.7 Å². The van der Waals surface area contributed by atoms with Crippen LogP contribution in [0.15, 0.2) is 18.3 Å². The summed E-state index contributed by atoms with van der Waals surface area (Å²) in [6, 6.07) is 3.27. The standard InChI is InChI=1S/C15H19N3O3/c19-14(18-7-9-21-10-8-18)12-3-4-16-13(11-12)15(20)17-5-1-2-6-17/h3-4,11H,1-2,5-10H2. The molecule has 1 aromatic heterocycles. The van der Waals surface area contributed by atoms with E-state index in [4.69, 9.17) is 4.74 Å². The normalized spacial score (nSPS) is 18.9. The van der Waals surface area contributed by atoms with E-state index in [1.807, 2.05) is 0 Å². The Hall–Kier alpha value is -1.95. The highest BCUT2D eigenvalue weighted by Gasteiger charge is 2.23. The molecule has 0 radical (unpaired) electrons. The molecule has 21 heavy (non-hydrogen) atoms. The Labute approximate surface area is 123 Å². The Morgan fingerprint density at radius 2 is 1.67 bits per heavy atom. The van der Waals surface area contributed by atoms with E-state index in [-0.39, 0.29) is 11.8 Å². The molecule has 2 aliphatic heterocycles. The number of ether oxygens (including phenoxy) is 1. The maximum absolute atomic E-state index is 12.4. The van der Waals surface area contributed by atoms with E-state index >= 15 is 0 Å². The summed E-state index contributed by atoms with van der Waals surface area (Å²) in [7, 11) is 0. The molecule has 0 aromatic carbocycles. The molecular weight excluding hydrogens is 270 g/mol. The van der Waals surface area contributed by atoms with Crippen molar-refractivity contribution in [3.05, 3.63) is 29.6 Å². The predicted molar refractivity (Wildman–Crippen MR) is 76.1 cm³/mol. The summed E-state index contributed by atoms with van der Waals surface area (Å²) in [4.78, 5) is 32.4. The molecule has 0 saturated carbocycles. The first-order valence-corrected chi connectivity index (χ1v) is 7.38. The lowest BCUT2D eigenvalue weighted by atomic mass is 10.2. The first-order valence-electron chi connectivity index (χ1n) is 7.38. The van der Waals surface area contributed by atoms with Crippen molar-refractivity contribution in [3.8, 4) is 0 Å². The second-order valence-electron chi connectivity index (χ2n) is 5.33. The molecule has 0 unspecified atom stereocenters. The molecule has 0 spiro atoms. The Morgan fingerprint density at radius 3 is 2.38 bits per heavy atom. The third-order valence-corrected chi connectivity index (χ3v) is 3.92. The van der Waals surface area contributed by atoms with Crippen molar-refractivity contribution in [1.29, 1.82) is 0 Å². The topological polar surface area (TPSA) is 62.7 Å². The summed E-state index contributed by atoms with van der Waals surface area (Å²) in [5.41, 5.74) is 0.880. The van der Waals surface area contributed by atoms with Gasteiger partial charge in [0, 0.05) is 37.9 Å². The minimum atomic E-state index is -0.0795. The van der Waals surface area contributed by atoms with Gasteiger partial charge in [0.15, 0.2) is 0 Å². The fourth-order valence-corrected chi connectivity index (χ4v) is 2.71. The minimum Gasteiger partial charge on any atom is -0.378 e. The van der Waals surface area contributed by atoms with Gasteiger partial charge in [-0.15, -0.1) is 0 Å². The molecule has 2 saturated heterocycles. The van der Waals surface area contributed by atoms with Gasteiger partial charge in [-0.1, -0.05) is 0 Å². The van der Waals surface area contributed by atoms with Crippen LogP contribution >= 0.6 is 0 Å². The van der Waals surface area contributed by atoms with Crippen molar-refractivity contribution >= 4 is 11.8 Å². The molecule has 1 aromatic rings. The molecule has 112 valence electrons. The number of carbonyl (C=O) groups excluding carboxylic acids is 2. The number of amides is 2. The van der Waals surface area contributed by atoms with Crippen molar-refractivity contribution in [2.75, 3.05) is 39.4 Å². The molecule has 2 fully saturated rings. The molecular formula is C15H19N3O3. The van der Waals surface area contributed by atoms with E-state index in [0.29, 0.717) is 37.6 Å². The third-order valence-electron chi connectivity index (χ3n) is 3.92. The number of likely N-dealkylation sites (tertiary alicyclic amines) is 1. The van der Waals surface area contributed by atoms with Crippen molar-refractivity contribution < 1.29 is 14.3 Å². The summed E-state index contributed by atoms with van der Waals surface area (Å²) in [5.74, 6) is -0.139. The van der Waals surface area contributed by atoms with Crippen LogP contribution in [-0.2, 0) is 4.74 Å². The maximum atomic E-state index is 12.4. The van der Waals surface area contributed by atoms with Crippen molar-refractivity contribution in [2.24, 2.45) is 0 Å². The lowest BCUT2D eigenvalue weighted by molar-refractivity contribution is 0.0303. The lowest BCUT2D eigenvalue weighted by Crippen LogP contribution is -2.40. The maximum Gasteiger partial charge on any atom is 0.272 e. The molecule has 6 heteroatoms. The monoisotopic (exact) mass is 289 g/mol. The SMILES string of the molecule is O=C(c1ccnc(C(=O)N2CCCC2)c1)N1CCOCC1. The zero-order valence-corrected chi connectivity index (χ0v) is 12.0. The van der Waals surface area contributed by atoms with Crippen LogP contribution in [0.2, 0.25) is 0 Å². The van der Waals surface area contributed by atoms with Gasteiger partial charge >= 0.3 is 0 Å². The lowest BCUT2D eigenvalue weighted by Gasteiger charge is -2.27. The summed E-state index contributed by atoms with van der Waals surface area (Å²) < 4.78 is 5.25. The van der Waals surface area contributed by atoms with Crippen LogP contribution in [0.25, 0.3) is 0 Å². The van der Waals surface area contributed by atoms with Gasteiger partial charge in [-0.25, -0.2) is 0 Å². The number of nitrogens with zero attached hydrogens (tertiary/aromatic N) is 3. The highest BCUT2D eigenvalue weighted by atomic mass is 16.5. The second kappa shape index (κ2) is 6.22. The average molecular weight is 289 g/mol. The summed E-state index contributed by atoms with van der Waals surface area (Å²) in [5, 5.41) is 0. The molecule has 2 aliphatic rings. The van der Waals surface area contributed by atoms with Crippen LogP contribution in [0.3, 0.4) is 0 Å². The zero-order valence-electron chi connectivity index (χ0n) is 12.0. The van der Waals surface area contributed by atoms with Crippen LogP contribution in [0, 0.1) is 0 Å². The van der Waals surface area contributed by atoms with Crippen molar-refractivity contribution in [1.82, 2.24) is 14.8 Å². The quantitative estimate of drug-likeness (QED) is 0.807. The van der Waals surface area contributed by atoms with E-state index in [2.05, 4.69) is 4.98 Å². The average Bonchev–Trinajstić information content (AvgIpc) is 3.09. The van der Waals surface area contributed by atoms with E-state index in [9.17, 15) is 9.59 Å². The molecule has 0 aliphatic carbocycles. The van der Waals surface area contributed by atoms with Crippen LogP contribution in [0.4, 0.5) is 0 Å². The number of pyridine rings is 1. The number of rotatable bonds is 2. The van der Waals surface area contributed by atoms with Gasteiger partial charge in [-0.3, -0.25) is 14.6 Å². The second-order valence-corrected chi connectivity index (χ2v) is 5.33. The van der Waals surface area contributed by atoms with Gasteiger partial charge in [-0.05, 0) is 25.0 Å². The van der Waals surface area contributed by atoms with Crippen LogP contribution < -0.4 is 0 Å². The number of morpholine rings is 1. The first kappa shape index (κ1) is 14.0. The largest absolute Gasteiger partial charge is 0.378 e. The van der Waals surface area contributed by atoms with Gasteiger partial charge in [0.25, 0.3) is 11.8 Å². The Bertz CT molecular complexity index is 535. The van der Waals surface area contributed by atoms with Crippen molar-refractivity contribution in [3.63, 3.8) is 0 Å². The van der Waals surface area contributed by atoms with Gasteiger partial charge in [0.1, 0.15) is 5.69 Å². The summed E-state index contributed by atoms with van der Waals surface area (Å²) in [6.07, 6.45) is 3.62. The summed E-state index contributed by atoms with van der Waals surface area (Å²) >= 11 is 0. The van der Waals surface area contributed by atoms with E-state index < -0.39 is 0 Å². The van der Waals surface area contributed by atoms with Crippen molar-refractivity contribution in [2.45, 2.75) is 12.8 Å². The zero-order chi connectivity index (χ0) is 14.7. The van der Waals surface area contributed by atoms with E-state index in [1.54, 1.807) is 21.9 Å². The Balaban J connectivity index is 1.75. The molecule has 0 atom stereocenters. The van der Waals surface area contributed by atoms with Gasteiger partial charge in [-0.2, -0.15) is 0 Å². The van der Waals surface area contributed by atoms with Crippen LogP contribution in [0.5, 0.6) is 0 Å². The molecule has 0 bridgehead atoms. The van der Waals surface area contributed by atoms with E-state index in [1.165, 1.54) is 6.20 Å². The molecule has 3 rings (SSSR count). The molecule has 2 amide bonds. The highest BCUT2D eigenvalue weighted by Crippen LogP contribution is 2.14. The van der Waals surface area contributed by atoms with Gasteiger partial charge < -0.3 is 14.5 Å². The predicted octanol–water partition coefficient (Wildman–Crippen LogP) is 0.790. The number of aromatic nitrogens is 1. The Morgan fingerprint density at radius 1 is 1.00 bits per heavy atom. The highest BCUT2D eigenvalue weighted by molar-refractivity contribution is 5.98. The fraction of sp³-hybridized carbons (Fsp3) is 0.533. The number of hydrogen-bond donors (Lipinski definition) is 0.